The van der Waals surface area contributed by atoms with Crippen LogP contribution in [-0.2, 0) is 4.79 Å². The van der Waals surface area contributed by atoms with Crippen LogP contribution in [0.4, 0.5) is 5.69 Å². The maximum absolute atomic E-state index is 12.0. The lowest BCUT2D eigenvalue weighted by Gasteiger charge is -2.12. The Balaban J connectivity index is 1.80. The molecule has 1 amide bonds. The molecule has 0 heterocycles. The molecule has 0 aromatic heterocycles. The van der Waals surface area contributed by atoms with E-state index in [0.29, 0.717) is 30.2 Å². The zero-order chi connectivity index (χ0) is 16.8. The molecule has 0 bridgehead atoms. The fourth-order valence-corrected chi connectivity index (χ4v) is 3.00. The van der Waals surface area contributed by atoms with E-state index in [4.69, 9.17) is 16.3 Å². The lowest BCUT2D eigenvalue weighted by atomic mass is 10.1. The molecule has 0 aliphatic rings. The van der Waals surface area contributed by atoms with Gasteiger partial charge in [-0.25, -0.2) is 0 Å². The number of hydrogen-bond donors (Lipinski definition) is 1. The van der Waals surface area contributed by atoms with E-state index >= 15 is 0 Å². The number of carbonyl (C=O) groups is 1. The number of hydrogen-bond acceptors (Lipinski definition) is 2. The summed E-state index contributed by atoms with van der Waals surface area (Å²) in [5.41, 5.74) is 2.73. The summed E-state index contributed by atoms with van der Waals surface area (Å²) < 4.78 is 6.58. The van der Waals surface area contributed by atoms with Crippen LogP contribution in [0, 0.1) is 13.8 Å². The van der Waals surface area contributed by atoms with Gasteiger partial charge < -0.3 is 10.1 Å². The SMILES string of the molecule is Cc1cc(C)c(NC(=O)CCCOc2cccc(Br)c2)c(Cl)c1. The summed E-state index contributed by atoms with van der Waals surface area (Å²) in [4.78, 5) is 12.0. The van der Waals surface area contributed by atoms with Gasteiger partial charge in [0.1, 0.15) is 5.75 Å². The second-order valence-corrected chi connectivity index (χ2v) is 6.72. The first-order valence-corrected chi connectivity index (χ1v) is 8.58. The molecule has 0 aliphatic heterocycles. The highest BCUT2D eigenvalue weighted by Gasteiger charge is 2.09. The predicted molar refractivity (Wildman–Crippen MR) is 98.4 cm³/mol. The minimum absolute atomic E-state index is 0.0586. The molecule has 0 saturated carbocycles. The number of benzene rings is 2. The molecule has 23 heavy (non-hydrogen) atoms. The van der Waals surface area contributed by atoms with Gasteiger partial charge in [-0.3, -0.25) is 4.79 Å². The van der Waals surface area contributed by atoms with Crippen molar-refractivity contribution in [2.75, 3.05) is 11.9 Å². The summed E-state index contributed by atoms with van der Waals surface area (Å²) >= 11 is 9.58. The van der Waals surface area contributed by atoms with E-state index in [1.54, 1.807) is 0 Å². The van der Waals surface area contributed by atoms with Crippen molar-refractivity contribution < 1.29 is 9.53 Å². The molecular formula is C18H19BrClNO2. The number of nitrogens with one attached hydrogen (secondary N) is 1. The van der Waals surface area contributed by atoms with Crippen molar-refractivity contribution in [3.63, 3.8) is 0 Å². The molecule has 0 unspecified atom stereocenters. The van der Waals surface area contributed by atoms with Crippen molar-refractivity contribution in [2.45, 2.75) is 26.7 Å². The van der Waals surface area contributed by atoms with Gasteiger partial charge in [-0.15, -0.1) is 0 Å². The van der Waals surface area contributed by atoms with Crippen LogP contribution in [0.3, 0.4) is 0 Å². The molecule has 0 saturated heterocycles. The van der Waals surface area contributed by atoms with Crippen LogP contribution in [0.25, 0.3) is 0 Å². The first kappa shape index (κ1) is 17.8. The molecule has 5 heteroatoms. The summed E-state index contributed by atoms with van der Waals surface area (Å²) in [6.45, 7) is 4.40. The smallest absolute Gasteiger partial charge is 0.224 e. The minimum atomic E-state index is -0.0586. The highest BCUT2D eigenvalue weighted by molar-refractivity contribution is 9.10. The van der Waals surface area contributed by atoms with E-state index in [1.807, 2.05) is 50.2 Å². The largest absolute Gasteiger partial charge is 0.494 e. The molecule has 2 aromatic carbocycles. The van der Waals surface area contributed by atoms with E-state index in [-0.39, 0.29) is 5.91 Å². The predicted octanol–water partition coefficient (Wildman–Crippen LogP) is 5.52. The second kappa shape index (κ2) is 8.37. The zero-order valence-corrected chi connectivity index (χ0v) is 15.5. The molecular weight excluding hydrogens is 378 g/mol. The molecule has 2 rings (SSSR count). The van der Waals surface area contributed by atoms with E-state index in [0.717, 1.165) is 21.3 Å². The van der Waals surface area contributed by atoms with Gasteiger partial charge in [-0.2, -0.15) is 0 Å². The van der Waals surface area contributed by atoms with Crippen molar-refractivity contribution in [1.29, 1.82) is 0 Å². The van der Waals surface area contributed by atoms with E-state index in [1.165, 1.54) is 0 Å². The summed E-state index contributed by atoms with van der Waals surface area (Å²) in [6.07, 6.45) is 1.03. The summed E-state index contributed by atoms with van der Waals surface area (Å²) in [5.74, 6) is 0.730. The Hall–Kier alpha value is -1.52. The molecule has 1 N–H and O–H groups in total. The Morgan fingerprint density at radius 3 is 2.74 bits per heavy atom. The minimum Gasteiger partial charge on any atom is -0.494 e. The molecule has 0 fully saturated rings. The van der Waals surface area contributed by atoms with Gasteiger partial charge in [-0.1, -0.05) is 39.7 Å². The summed E-state index contributed by atoms with van der Waals surface area (Å²) in [5, 5.41) is 3.45. The normalized spacial score (nSPS) is 10.4. The number of anilines is 1. The monoisotopic (exact) mass is 395 g/mol. The van der Waals surface area contributed by atoms with Gasteiger partial charge in [0.25, 0.3) is 0 Å². The molecule has 0 radical (unpaired) electrons. The van der Waals surface area contributed by atoms with Crippen LogP contribution >= 0.6 is 27.5 Å². The van der Waals surface area contributed by atoms with Gasteiger partial charge in [0.05, 0.1) is 17.3 Å². The highest BCUT2D eigenvalue weighted by atomic mass is 79.9. The van der Waals surface area contributed by atoms with Gasteiger partial charge in [0.2, 0.25) is 5.91 Å². The quantitative estimate of drug-likeness (QED) is 0.653. The molecule has 122 valence electrons. The molecule has 2 aromatic rings. The van der Waals surface area contributed by atoms with Crippen molar-refractivity contribution in [2.24, 2.45) is 0 Å². The average Bonchev–Trinajstić information content (AvgIpc) is 2.47. The number of halogens is 2. The topological polar surface area (TPSA) is 38.3 Å². The van der Waals surface area contributed by atoms with Crippen LogP contribution < -0.4 is 10.1 Å². The van der Waals surface area contributed by atoms with Crippen molar-refractivity contribution >= 4 is 39.1 Å². The third kappa shape index (κ3) is 5.56. The molecule has 0 aliphatic carbocycles. The Kier molecular flexibility index (Phi) is 6.48. The van der Waals surface area contributed by atoms with Crippen LogP contribution in [0.2, 0.25) is 5.02 Å². The number of aryl methyl sites for hydroxylation is 2. The Labute approximate surface area is 150 Å². The maximum atomic E-state index is 12.0. The fraction of sp³-hybridized carbons (Fsp3) is 0.278. The first-order chi connectivity index (χ1) is 11.0. The Bertz CT molecular complexity index is 680. The Morgan fingerprint density at radius 2 is 2.04 bits per heavy atom. The number of amides is 1. The molecule has 0 spiro atoms. The van der Waals surface area contributed by atoms with Gasteiger partial charge in [0.15, 0.2) is 0 Å². The van der Waals surface area contributed by atoms with E-state index in [9.17, 15) is 4.79 Å². The van der Waals surface area contributed by atoms with E-state index in [2.05, 4.69) is 21.2 Å². The van der Waals surface area contributed by atoms with Gasteiger partial charge in [-0.05, 0) is 55.7 Å². The van der Waals surface area contributed by atoms with Crippen LogP contribution in [0.1, 0.15) is 24.0 Å². The standard InChI is InChI=1S/C18H19BrClNO2/c1-12-9-13(2)18(16(20)10-12)21-17(22)7-4-8-23-15-6-3-5-14(19)11-15/h3,5-6,9-11H,4,7-8H2,1-2H3,(H,21,22). The summed E-state index contributed by atoms with van der Waals surface area (Å²) in [6, 6.07) is 11.5. The van der Waals surface area contributed by atoms with Crippen LogP contribution in [0.15, 0.2) is 40.9 Å². The van der Waals surface area contributed by atoms with Crippen molar-refractivity contribution in [1.82, 2.24) is 0 Å². The van der Waals surface area contributed by atoms with Gasteiger partial charge in [0, 0.05) is 10.9 Å². The second-order valence-electron chi connectivity index (χ2n) is 5.40. The van der Waals surface area contributed by atoms with Crippen molar-refractivity contribution in [3.8, 4) is 5.75 Å². The third-order valence-corrected chi connectivity index (χ3v) is 4.10. The average molecular weight is 397 g/mol. The number of carbonyl (C=O) groups excluding carboxylic acids is 1. The maximum Gasteiger partial charge on any atom is 0.224 e. The van der Waals surface area contributed by atoms with Crippen LogP contribution in [-0.4, -0.2) is 12.5 Å². The lowest BCUT2D eigenvalue weighted by Crippen LogP contribution is -2.14. The first-order valence-electron chi connectivity index (χ1n) is 7.40. The molecule has 0 atom stereocenters. The number of rotatable bonds is 6. The van der Waals surface area contributed by atoms with Crippen molar-refractivity contribution in [3.05, 3.63) is 57.0 Å². The highest BCUT2D eigenvalue weighted by Crippen LogP contribution is 2.27. The van der Waals surface area contributed by atoms with Crippen LogP contribution in [0.5, 0.6) is 5.75 Å². The van der Waals surface area contributed by atoms with Gasteiger partial charge >= 0.3 is 0 Å². The zero-order valence-electron chi connectivity index (χ0n) is 13.2. The Morgan fingerprint density at radius 1 is 1.26 bits per heavy atom. The summed E-state index contributed by atoms with van der Waals surface area (Å²) in [7, 11) is 0. The number of ether oxygens (including phenoxy) is 1. The third-order valence-electron chi connectivity index (χ3n) is 3.31. The van der Waals surface area contributed by atoms with E-state index < -0.39 is 0 Å². The lowest BCUT2D eigenvalue weighted by molar-refractivity contribution is -0.116. The fourth-order valence-electron chi connectivity index (χ4n) is 2.26. The molecule has 3 nitrogen and oxygen atoms in total.